The van der Waals surface area contributed by atoms with Crippen molar-refractivity contribution in [3.63, 3.8) is 0 Å². The van der Waals surface area contributed by atoms with Crippen molar-refractivity contribution in [3.8, 4) is 0 Å². The zero-order chi connectivity index (χ0) is 14.7. The molecule has 2 aromatic rings. The summed E-state index contributed by atoms with van der Waals surface area (Å²) in [7, 11) is 1.56. The fraction of sp³-hybridized carbons (Fsp3) is 0.308. The fourth-order valence-corrected chi connectivity index (χ4v) is 2.54. The average Bonchev–Trinajstić information content (AvgIpc) is 2.80. The number of fused-ring (bicyclic) bond motifs is 1. The van der Waals surface area contributed by atoms with Crippen LogP contribution in [-0.2, 0) is 4.79 Å². The highest BCUT2D eigenvalue weighted by Gasteiger charge is 2.18. The lowest BCUT2D eigenvalue weighted by molar-refractivity contribution is -0.141. The molecule has 0 aliphatic rings. The first-order valence-electron chi connectivity index (χ1n) is 6.08. The van der Waals surface area contributed by atoms with E-state index >= 15 is 0 Å². The minimum Gasteiger partial charge on any atom is -0.481 e. The smallest absolute Gasteiger partial charge is 0.323 e. The molecule has 2 amide bonds. The molecule has 1 unspecified atom stereocenters. The second-order valence-electron chi connectivity index (χ2n) is 4.54. The van der Waals surface area contributed by atoms with Crippen molar-refractivity contribution >= 4 is 38.7 Å². The molecular weight excluding hydrogens is 278 g/mol. The Labute approximate surface area is 120 Å². The van der Waals surface area contributed by atoms with Gasteiger partial charge in [0.05, 0.1) is 16.1 Å². The molecule has 0 fully saturated rings. The Bertz CT molecular complexity index is 608. The van der Waals surface area contributed by atoms with E-state index in [-0.39, 0.29) is 12.6 Å². The number of anilines is 1. The molecular formula is C13H15N3O3S. The van der Waals surface area contributed by atoms with Crippen molar-refractivity contribution in [1.82, 2.24) is 9.88 Å². The average molecular weight is 293 g/mol. The maximum Gasteiger partial charge on any atom is 0.323 e. The van der Waals surface area contributed by atoms with Crippen LogP contribution in [0.1, 0.15) is 6.92 Å². The van der Waals surface area contributed by atoms with Crippen LogP contribution < -0.4 is 5.32 Å². The van der Waals surface area contributed by atoms with Crippen LogP contribution in [0, 0.1) is 5.92 Å². The molecule has 7 heteroatoms. The lowest BCUT2D eigenvalue weighted by Crippen LogP contribution is -2.36. The number of hydrogen-bond acceptors (Lipinski definition) is 4. The number of carboxylic acids is 1. The normalized spacial score (nSPS) is 12.1. The summed E-state index contributed by atoms with van der Waals surface area (Å²) in [6, 6.07) is 7.23. The predicted molar refractivity (Wildman–Crippen MR) is 78.1 cm³/mol. The third-order valence-corrected chi connectivity index (χ3v) is 3.78. The fourth-order valence-electron chi connectivity index (χ4n) is 1.68. The molecule has 1 heterocycles. The third-order valence-electron chi connectivity index (χ3n) is 2.82. The van der Waals surface area contributed by atoms with Crippen molar-refractivity contribution in [2.24, 2.45) is 5.92 Å². The maximum atomic E-state index is 11.9. The molecule has 2 rings (SSSR count). The molecule has 0 spiro atoms. The number of carbonyl (C=O) groups is 2. The van der Waals surface area contributed by atoms with E-state index in [2.05, 4.69) is 10.3 Å². The van der Waals surface area contributed by atoms with Crippen LogP contribution in [0.25, 0.3) is 10.2 Å². The highest BCUT2D eigenvalue weighted by Crippen LogP contribution is 2.25. The van der Waals surface area contributed by atoms with Crippen molar-refractivity contribution in [2.45, 2.75) is 6.92 Å². The number of nitrogens with zero attached hydrogens (tertiary/aromatic N) is 2. The van der Waals surface area contributed by atoms with Crippen LogP contribution >= 0.6 is 11.3 Å². The second kappa shape index (κ2) is 5.87. The van der Waals surface area contributed by atoms with Gasteiger partial charge in [-0.05, 0) is 12.1 Å². The molecule has 2 N–H and O–H groups in total. The number of hydrogen-bond donors (Lipinski definition) is 2. The summed E-state index contributed by atoms with van der Waals surface area (Å²) in [5, 5.41) is 12.0. The highest BCUT2D eigenvalue weighted by molar-refractivity contribution is 7.22. The molecule has 0 saturated heterocycles. The van der Waals surface area contributed by atoms with Crippen molar-refractivity contribution < 1.29 is 14.7 Å². The van der Waals surface area contributed by atoms with Gasteiger partial charge in [-0.1, -0.05) is 30.4 Å². The first kappa shape index (κ1) is 14.3. The third kappa shape index (κ3) is 3.24. The zero-order valence-corrected chi connectivity index (χ0v) is 12.0. The van der Waals surface area contributed by atoms with Crippen molar-refractivity contribution in [1.29, 1.82) is 0 Å². The number of carboxylic acid groups (broad SMARTS) is 1. The Hall–Kier alpha value is -2.15. The van der Waals surface area contributed by atoms with Gasteiger partial charge in [-0.15, -0.1) is 0 Å². The monoisotopic (exact) mass is 293 g/mol. The SMILES string of the molecule is CC(CN(C)C(=O)Nc1nc2ccccc2s1)C(=O)O. The lowest BCUT2D eigenvalue weighted by atomic mass is 10.2. The molecule has 20 heavy (non-hydrogen) atoms. The van der Waals surface area contributed by atoms with E-state index in [1.807, 2.05) is 24.3 Å². The van der Waals surface area contributed by atoms with Gasteiger partial charge >= 0.3 is 12.0 Å². The van der Waals surface area contributed by atoms with E-state index < -0.39 is 11.9 Å². The van der Waals surface area contributed by atoms with Gasteiger partial charge in [0.1, 0.15) is 0 Å². The zero-order valence-electron chi connectivity index (χ0n) is 11.2. The number of rotatable bonds is 4. The quantitative estimate of drug-likeness (QED) is 0.907. The number of amides is 2. The molecule has 1 aromatic heterocycles. The van der Waals surface area contributed by atoms with Gasteiger partial charge in [-0.3, -0.25) is 10.1 Å². The molecule has 0 bridgehead atoms. The van der Waals surface area contributed by atoms with E-state index in [4.69, 9.17) is 5.11 Å². The van der Waals surface area contributed by atoms with E-state index in [0.29, 0.717) is 5.13 Å². The highest BCUT2D eigenvalue weighted by atomic mass is 32.1. The molecule has 0 saturated carbocycles. The van der Waals surface area contributed by atoms with Crippen LogP contribution in [0.4, 0.5) is 9.93 Å². The largest absolute Gasteiger partial charge is 0.481 e. The minimum atomic E-state index is -0.926. The van der Waals surface area contributed by atoms with E-state index in [0.717, 1.165) is 10.2 Å². The molecule has 1 atom stereocenters. The molecule has 106 valence electrons. The summed E-state index contributed by atoms with van der Waals surface area (Å²) in [4.78, 5) is 28.3. The maximum absolute atomic E-state index is 11.9. The van der Waals surface area contributed by atoms with Crippen LogP contribution in [0.15, 0.2) is 24.3 Å². The first-order valence-corrected chi connectivity index (χ1v) is 6.89. The number of carbonyl (C=O) groups excluding carboxylic acids is 1. The van der Waals surface area contributed by atoms with Gasteiger partial charge in [-0.2, -0.15) is 0 Å². The topological polar surface area (TPSA) is 82.5 Å². The number of nitrogens with one attached hydrogen (secondary N) is 1. The number of aliphatic carboxylic acids is 1. The van der Waals surface area contributed by atoms with Crippen molar-refractivity contribution in [3.05, 3.63) is 24.3 Å². The molecule has 6 nitrogen and oxygen atoms in total. The van der Waals surface area contributed by atoms with Crippen LogP contribution in [0.3, 0.4) is 0 Å². The molecule has 1 aromatic carbocycles. The van der Waals surface area contributed by atoms with E-state index in [9.17, 15) is 9.59 Å². The Morgan fingerprint density at radius 2 is 2.15 bits per heavy atom. The minimum absolute atomic E-state index is 0.145. The van der Waals surface area contributed by atoms with E-state index in [1.165, 1.54) is 16.2 Å². The van der Waals surface area contributed by atoms with Gasteiger partial charge in [0, 0.05) is 13.6 Å². The van der Waals surface area contributed by atoms with Gasteiger partial charge in [0.2, 0.25) is 0 Å². The summed E-state index contributed by atoms with van der Waals surface area (Å²) >= 11 is 1.38. The Balaban J connectivity index is 2.01. The Morgan fingerprint density at radius 1 is 1.45 bits per heavy atom. The summed E-state index contributed by atoms with van der Waals surface area (Å²) in [6.45, 7) is 1.70. The summed E-state index contributed by atoms with van der Waals surface area (Å²) in [5.41, 5.74) is 0.828. The van der Waals surface area contributed by atoms with Gasteiger partial charge in [0.15, 0.2) is 5.13 Å². The lowest BCUT2D eigenvalue weighted by Gasteiger charge is -2.19. The molecule has 0 radical (unpaired) electrons. The van der Waals surface area contributed by atoms with Crippen LogP contribution in [0.5, 0.6) is 0 Å². The van der Waals surface area contributed by atoms with Gasteiger partial charge in [-0.25, -0.2) is 9.78 Å². The number of aromatic nitrogens is 1. The number of urea groups is 1. The van der Waals surface area contributed by atoms with Crippen LogP contribution in [0.2, 0.25) is 0 Å². The second-order valence-corrected chi connectivity index (χ2v) is 5.57. The first-order chi connectivity index (χ1) is 9.47. The number of para-hydroxylation sites is 1. The molecule has 0 aliphatic heterocycles. The van der Waals surface area contributed by atoms with Gasteiger partial charge < -0.3 is 10.0 Å². The molecule has 0 aliphatic carbocycles. The van der Waals surface area contributed by atoms with E-state index in [1.54, 1.807) is 14.0 Å². The Morgan fingerprint density at radius 3 is 2.80 bits per heavy atom. The van der Waals surface area contributed by atoms with Crippen LogP contribution in [-0.4, -0.2) is 40.6 Å². The summed E-state index contributed by atoms with van der Waals surface area (Å²) in [6.07, 6.45) is 0. The standard InChI is InChI=1S/C13H15N3O3S/c1-8(11(17)18)7-16(2)13(19)15-12-14-9-5-3-4-6-10(9)20-12/h3-6,8H,7H2,1-2H3,(H,17,18)(H,14,15,19). The van der Waals surface area contributed by atoms with Gasteiger partial charge in [0.25, 0.3) is 0 Å². The number of thiazole rings is 1. The van der Waals surface area contributed by atoms with Crippen molar-refractivity contribution in [2.75, 3.05) is 18.9 Å². The summed E-state index contributed by atoms with van der Waals surface area (Å²) in [5.74, 6) is -1.54. The number of benzene rings is 1. The predicted octanol–water partition coefficient (Wildman–Crippen LogP) is 2.48. The Kier molecular flexibility index (Phi) is 4.19. The summed E-state index contributed by atoms with van der Waals surface area (Å²) < 4.78 is 0.990.